The van der Waals surface area contributed by atoms with Gasteiger partial charge in [0.25, 0.3) is 0 Å². The van der Waals surface area contributed by atoms with E-state index >= 15 is 0 Å². The highest BCUT2D eigenvalue weighted by Gasteiger charge is 2.17. The minimum atomic E-state index is -0.491. The van der Waals surface area contributed by atoms with E-state index in [0.29, 0.717) is 22.7 Å². The molecule has 0 bridgehead atoms. The summed E-state index contributed by atoms with van der Waals surface area (Å²) in [5.41, 5.74) is 1.94. The highest BCUT2D eigenvalue weighted by atomic mass is 35.5. The molecular weight excluding hydrogens is 300 g/mol. The minimum Gasteiger partial charge on any atom is -0.279 e. The van der Waals surface area contributed by atoms with Crippen molar-refractivity contribution in [2.75, 3.05) is 0 Å². The Bertz CT molecular complexity index is 783. The molecule has 0 N–H and O–H groups in total. The first kappa shape index (κ1) is 13.3. The smallest absolute Gasteiger partial charge is 0.164 e. The van der Waals surface area contributed by atoms with Crippen LogP contribution in [-0.4, -0.2) is 14.5 Å². The van der Waals surface area contributed by atoms with Crippen LogP contribution in [0.2, 0.25) is 5.02 Å². The van der Waals surface area contributed by atoms with E-state index in [4.69, 9.17) is 23.2 Å². The Kier molecular flexibility index (Phi) is 3.36. The van der Waals surface area contributed by atoms with E-state index in [1.807, 2.05) is 13.0 Å². The molecule has 102 valence electrons. The van der Waals surface area contributed by atoms with Crippen molar-refractivity contribution in [1.29, 1.82) is 0 Å². The Morgan fingerprint density at radius 3 is 2.80 bits per heavy atom. The van der Waals surface area contributed by atoms with Crippen LogP contribution in [-0.2, 0) is 0 Å². The van der Waals surface area contributed by atoms with Crippen LogP contribution < -0.4 is 0 Å². The summed E-state index contributed by atoms with van der Waals surface area (Å²) in [7, 11) is 0. The predicted octanol–water partition coefficient (Wildman–Crippen LogP) is 4.51. The number of alkyl halides is 1. The Morgan fingerprint density at radius 1 is 1.30 bits per heavy atom. The Balaban J connectivity index is 2.33. The van der Waals surface area contributed by atoms with E-state index in [9.17, 15) is 4.39 Å². The molecule has 2 heterocycles. The molecule has 0 saturated heterocycles. The van der Waals surface area contributed by atoms with Crippen molar-refractivity contribution in [3.05, 3.63) is 53.2 Å². The molecule has 0 aliphatic rings. The first-order valence-electron chi connectivity index (χ1n) is 6.01. The maximum atomic E-state index is 13.7. The molecule has 3 nitrogen and oxygen atoms in total. The monoisotopic (exact) mass is 309 g/mol. The van der Waals surface area contributed by atoms with E-state index in [1.165, 1.54) is 12.1 Å². The molecule has 3 aromatic rings. The van der Waals surface area contributed by atoms with Crippen LogP contribution in [0.5, 0.6) is 0 Å². The quantitative estimate of drug-likeness (QED) is 0.652. The van der Waals surface area contributed by atoms with E-state index in [0.717, 1.165) is 0 Å². The molecule has 1 unspecified atom stereocenters. The number of rotatable bonds is 2. The van der Waals surface area contributed by atoms with Gasteiger partial charge in [0.05, 0.1) is 16.1 Å². The third kappa shape index (κ3) is 2.15. The molecule has 0 amide bonds. The van der Waals surface area contributed by atoms with Crippen molar-refractivity contribution in [2.45, 2.75) is 12.3 Å². The molecular formula is C14H10Cl2FN3. The Morgan fingerprint density at radius 2 is 2.10 bits per heavy atom. The summed E-state index contributed by atoms with van der Waals surface area (Å²) in [4.78, 5) is 8.75. The summed E-state index contributed by atoms with van der Waals surface area (Å²) in [5, 5.41) is -0.255. The summed E-state index contributed by atoms with van der Waals surface area (Å²) < 4.78 is 15.4. The topological polar surface area (TPSA) is 30.7 Å². The zero-order valence-electron chi connectivity index (χ0n) is 10.5. The van der Waals surface area contributed by atoms with Gasteiger partial charge in [0.1, 0.15) is 17.2 Å². The molecule has 3 rings (SSSR count). The average molecular weight is 310 g/mol. The maximum absolute atomic E-state index is 13.7. The molecule has 1 atom stereocenters. The molecule has 0 fully saturated rings. The molecule has 20 heavy (non-hydrogen) atoms. The summed E-state index contributed by atoms with van der Waals surface area (Å²) in [6.45, 7) is 1.81. The second-order valence-corrected chi connectivity index (χ2v) is 5.43. The van der Waals surface area contributed by atoms with Crippen molar-refractivity contribution in [3.8, 4) is 5.69 Å². The number of pyridine rings is 1. The lowest BCUT2D eigenvalue weighted by Gasteiger charge is -2.10. The molecule has 0 aliphatic heterocycles. The summed E-state index contributed by atoms with van der Waals surface area (Å²) in [5.74, 6) is 0.122. The van der Waals surface area contributed by atoms with Crippen LogP contribution >= 0.6 is 23.2 Å². The van der Waals surface area contributed by atoms with Gasteiger partial charge in [-0.2, -0.15) is 0 Å². The first-order chi connectivity index (χ1) is 9.58. The third-order valence-corrected chi connectivity index (χ3v) is 3.46. The van der Waals surface area contributed by atoms with Gasteiger partial charge >= 0.3 is 0 Å². The van der Waals surface area contributed by atoms with Gasteiger partial charge in [-0.1, -0.05) is 11.6 Å². The SMILES string of the molecule is CC(Cl)c1nc2cccnc2n1-c1ccc(Cl)c(F)c1. The number of halogens is 3. The first-order valence-corrected chi connectivity index (χ1v) is 6.82. The second-order valence-electron chi connectivity index (χ2n) is 4.37. The molecule has 1 aromatic carbocycles. The average Bonchev–Trinajstić information content (AvgIpc) is 2.81. The van der Waals surface area contributed by atoms with E-state index in [-0.39, 0.29) is 10.4 Å². The van der Waals surface area contributed by atoms with Gasteiger partial charge in [-0.25, -0.2) is 14.4 Å². The van der Waals surface area contributed by atoms with Crippen molar-refractivity contribution in [1.82, 2.24) is 14.5 Å². The minimum absolute atomic E-state index is 0.0756. The lowest BCUT2D eigenvalue weighted by molar-refractivity contribution is 0.626. The normalized spacial score (nSPS) is 12.8. The van der Waals surface area contributed by atoms with E-state index in [2.05, 4.69) is 9.97 Å². The number of imidazole rings is 1. The van der Waals surface area contributed by atoms with Gasteiger partial charge in [0.2, 0.25) is 0 Å². The van der Waals surface area contributed by atoms with Gasteiger partial charge in [-0.3, -0.25) is 4.57 Å². The molecule has 6 heteroatoms. The number of fused-ring (bicyclic) bond motifs is 1. The number of aromatic nitrogens is 3. The zero-order valence-corrected chi connectivity index (χ0v) is 12.0. The molecule has 2 aromatic heterocycles. The predicted molar refractivity (Wildman–Crippen MR) is 78.1 cm³/mol. The van der Waals surface area contributed by atoms with Crippen molar-refractivity contribution >= 4 is 34.4 Å². The fraction of sp³-hybridized carbons (Fsp3) is 0.143. The summed E-state index contributed by atoms with van der Waals surface area (Å²) in [6, 6.07) is 8.20. The Labute approximate surface area is 125 Å². The lowest BCUT2D eigenvalue weighted by atomic mass is 10.3. The fourth-order valence-electron chi connectivity index (χ4n) is 2.08. The van der Waals surface area contributed by atoms with E-state index < -0.39 is 5.82 Å². The molecule has 0 spiro atoms. The van der Waals surface area contributed by atoms with E-state index in [1.54, 1.807) is 22.9 Å². The number of hydrogen-bond donors (Lipinski definition) is 0. The number of hydrogen-bond acceptors (Lipinski definition) is 2. The largest absolute Gasteiger partial charge is 0.279 e. The number of benzene rings is 1. The highest BCUT2D eigenvalue weighted by Crippen LogP contribution is 2.28. The Hall–Kier alpha value is -1.65. The molecule has 0 aliphatic carbocycles. The van der Waals surface area contributed by atoms with Crippen LogP contribution in [0.4, 0.5) is 4.39 Å². The lowest BCUT2D eigenvalue weighted by Crippen LogP contribution is -2.03. The van der Waals surface area contributed by atoms with Gasteiger partial charge in [0, 0.05) is 6.20 Å². The van der Waals surface area contributed by atoms with Gasteiger partial charge < -0.3 is 0 Å². The highest BCUT2D eigenvalue weighted by molar-refractivity contribution is 6.30. The van der Waals surface area contributed by atoms with Gasteiger partial charge in [-0.05, 0) is 37.3 Å². The third-order valence-electron chi connectivity index (χ3n) is 2.96. The molecule has 0 saturated carbocycles. The van der Waals surface area contributed by atoms with Crippen LogP contribution in [0, 0.1) is 5.82 Å². The van der Waals surface area contributed by atoms with Crippen molar-refractivity contribution in [3.63, 3.8) is 0 Å². The van der Waals surface area contributed by atoms with Crippen molar-refractivity contribution in [2.24, 2.45) is 0 Å². The summed E-state index contributed by atoms with van der Waals surface area (Å²) in [6.07, 6.45) is 1.66. The second kappa shape index (κ2) is 5.04. The molecule has 0 radical (unpaired) electrons. The van der Waals surface area contributed by atoms with Crippen LogP contribution in [0.1, 0.15) is 18.1 Å². The van der Waals surface area contributed by atoms with Gasteiger partial charge in [0.15, 0.2) is 5.65 Å². The van der Waals surface area contributed by atoms with Crippen LogP contribution in [0.3, 0.4) is 0 Å². The number of nitrogens with zero attached hydrogens (tertiary/aromatic N) is 3. The fourth-order valence-corrected chi connectivity index (χ4v) is 2.34. The van der Waals surface area contributed by atoms with Crippen LogP contribution in [0.15, 0.2) is 36.5 Å². The van der Waals surface area contributed by atoms with Gasteiger partial charge in [-0.15, -0.1) is 11.6 Å². The zero-order chi connectivity index (χ0) is 14.3. The maximum Gasteiger partial charge on any atom is 0.164 e. The standard InChI is InChI=1S/C14H10Cl2FN3/c1-8(15)13-19-12-3-2-6-18-14(12)20(13)9-4-5-10(16)11(17)7-9/h2-8H,1H3. The van der Waals surface area contributed by atoms with Crippen molar-refractivity contribution < 1.29 is 4.39 Å². The van der Waals surface area contributed by atoms with Crippen LogP contribution in [0.25, 0.3) is 16.9 Å². The summed E-state index contributed by atoms with van der Waals surface area (Å²) >= 11 is 11.9.